The molecule has 0 saturated carbocycles. The summed E-state index contributed by atoms with van der Waals surface area (Å²) in [6.07, 6.45) is 7.23. The van der Waals surface area contributed by atoms with E-state index in [0.717, 1.165) is 0 Å². The summed E-state index contributed by atoms with van der Waals surface area (Å²) in [6, 6.07) is 21.8. The minimum atomic E-state index is 0.402. The second-order valence-corrected chi connectivity index (χ2v) is 5.37. The fraction of sp³-hybridized carbons (Fsp3) is 0.263. The lowest BCUT2D eigenvalue weighted by Gasteiger charge is -2.25. The molecule has 3 rings (SSSR count). The van der Waals surface area contributed by atoms with Crippen LogP contribution < -0.4 is 0 Å². The van der Waals surface area contributed by atoms with Gasteiger partial charge in [-0.25, -0.2) is 0 Å². The van der Waals surface area contributed by atoms with Crippen LogP contribution in [0.15, 0.2) is 66.7 Å². The zero-order valence-electron chi connectivity index (χ0n) is 11.8. The molecule has 1 aliphatic rings. The van der Waals surface area contributed by atoms with Gasteiger partial charge in [0.25, 0.3) is 0 Å². The van der Waals surface area contributed by atoms with E-state index in [0.29, 0.717) is 6.04 Å². The number of hydrogen-bond donors (Lipinski definition) is 0. The maximum atomic E-state index is 2.58. The third-order valence-electron chi connectivity index (χ3n) is 3.95. The summed E-state index contributed by atoms with van der Waals surface area (Å²) >= 11 is 0. The molecule has 0 spiro atoms. The molecule has 1 heterocycles. The highest BCUT2D eigenvalue weighted by molar-refractivity contribution is 5.50. The first-order valence-electron chi connectivity index (χ1n) is 7.46. The van der Waals surface area contributed by atoms with Crippen molar-refractivity contribution in [3.8, 4) is 0 Å². The molecule has 0 unspecified atom stereocenters. The van der Waals surface area contributed by atoms with Crippen LogP contribution in [0, 0.1) is 0 Å². The molecule has 0 bridgehead atoms. The molecule has 1 nitrogen and oxygen atoms in total. The Morgan fingerprint density at radius 1 is 0.800 bits per heavy atom. The van der Waals surface area contributed by atoms with Crippen molar-refractivity contribution in [1.29, 1.82) is 0 Å². The zero-order chi connectivity index (χ0) is 13.6. The molecule has 2 aromatic carbocycles. The predicted octanol–water partition coefficient (Wildman–Crippen LogP) is 4.54. The van der Waals surface area contributed by atoms with E-state index in [2.05, 4.69) is 77.7 Å². The van der Waals surface area contributed by atoms with Crippen LogP contribution in [0.3, 0.4) is 0 Å². The van der Waals surface area contributed by atoms with E-state index < -0.39 is 0 Å². The smallest absolute Gasteiger partial charge is 0.0534 e. The summed E-state index contributed by atoms with van der Waals surface area (Å²) in [7, 11) is 0. The number of benzene rings is 2. The van der Waals surface area contributed by atoms with Crippen molar-refractivity contribution >= 4 is 6.08 Å². The van der Waals surface area contributed by atoms with Crippen LogP contribution in [0.4, 0.5) is 0 Å². The summed E-state index contributed by atoms with van der Waals surface area (Å²) in [5.74, 6) is 0. The van der Waals surface area contributed by atoms with E-state index in [1.165, 1.54) is 37.1 Å². The molecule has 0 aliphatic carbocycles. The lowest BCUT2D eigenvalue weighted by Crippen LogP contribution is -2.24. The molecule has 0 aromatic heterocycles. The molecule has 1 aliphatic heterocycles. The molecule has 2 aromatic rings. The minimum Gasteiger partial charge on any atom is -0.293 e. The quantitative estimate of drug-likeness (QED) is 0.783. The predicted molar refractivity (Wildman–Crippen MR) is 85.5 cm³/mol. The summed E-state index contributed by atoms with van der Waals surface area (Å²) in [4.78, 5) is 2.58. The third kappa shape index (κ3) is 3.17. The Hall–Kier alpha value is -1.86. The molecule has 0 N–H and O–H groups in total. The minimum absolute atomic E-state index is 0.402. The molecule has 20 heavy (non-hydrogen) atoms. The Labute approximate surface area is 121 Å². The van der Waals surface area contributed by atoms with Gasteiger partial charge in [0.05, 0.1) is 6.04 Å². The molecule has 1 heteroatoms. The zero-order valence-corrected chi connectivity index (χ0v) is 11.8. The fourth-order valence-electron chi connectivity index (χ4n) is 2.88. The highest BCUT2D eigenvalue weighted by atomic mass is 15.2. The fourth-order valence-corrected chi connectivity index (χ4v) is 2.88. The first-order valence-corrected chi connectivity index (χ1v) is 7.46. The van der Waals surface area contributed by atoms with Gasteiger partial charge in [0.2, 0.25) is 0 Å². The van der Waals surface area contributed by atoms with Gasteiger partial charge >= 0.3 is 0 Å². The Morgan fingerprint density at radius 3 is 2.05 bits per heavy atom. The van der Waals surface area contributed by atoms with Gasteiger partial charge in [-0.15, -0.1) is 0 Å². The topological polar surface area (TPSA) is 3.24 Å². The Morgan fingerprint density at radius 2 is 1.40 bits per heavy atom. The van der Waals surface area contributed by atoms with Crippen molar-refractivity contribution in [2.75, 3.05) is 13.1 Å². The average molecular weight is 263 g/mol. The van der Waals surface area contributed by atoms with Gasteiger partial charge in [-0.1, -0.05) is 72.8 Å². The highest BCUT2D eigenvalue weighted by Gasteiger charge is 2.20. The molecule has 102 valence electrons. The van der Waals surface area contributed by atoms with Gasteiger partial charge in [-0.3, -0.25) is 4.90 Å². The number of nitrogens with zero attached hydrogens (tertiary/aromatic N) is 1. The average Bonchev–Trinajstić information content (AvgIpc) is 3.04. The van der Waals surface area contributed by atoms with Crippen molar-refractivity contribution in [3.63, 3.8) is 0 Å². The van der Waals surface area contributed by atoms with Crippen LogP contribution >= 0.6 is 0 Å². The standard InChI is InChI=1S/C19H21N/c1-3-9-17(10-4-1)13-14-19(20-15-7-8-16-20)18-11-5-2-6-12-18/h1-6,9-14,19H,7-8,15-16H2/b14-13+/t19-/m1/s1. The second kappa shape index (κ2) is 6.53. The van der Waals surface area contributed by atoms with E-state index in [4.69, 9.17) is 0 Å². The SMILES string of the molecule is C(=C\[C@H](c1ccccc1)N1CCCC1)/c1ccccc1. The van der Waals surface area contributed by atoms with Crippen molar-refractivity contribution in [3.05, 3.63) is 77.9 Å². The van der Waals surface area contributed by atoms with Crippen LogP contribution in [0.2, 0.25) is 0 Å². The molecular weight excluding hydrogens is 242 g/mol. The lowest BCUT2D eigenvalue weighted by atomic mass is 10.0. The van der Waals surface area contributed by atoms with Crippen molar-refractivity contribution in [2.24, 2.45) is 0 Å². The third-order valence-corrected chi connectivity index (χ3v) is 3.95. The normalized spacial score (nSPS) is 17.6. The van der Waals surface area contributed by atoms with Gasteiger partial charge in [-0.2, -0.15) is 0 Å². The molecular formula is C19H21N. The molecule has 0 amide bonds. The van der Waals surface area contributed by atoms with E-state index >= 15 is 0 Å². The van der Waals surface area contributed by atoms with Gasteiger partial charge in [-0.05, 0) is 37.1 Å². The summed E-state index contributed by atoms with van der Waals surface area (Å²) in [6.45, 7) is 2.41. The second-order valence-electron chi connectivity index (χ2n) is 5.37. The monoisotopic (exact) mass is 263 g/mol. The van der Waals surface area contributed by atoms with Gasteiger partial charge in [0.15, 0.2) is 0 Å². The van der Waals surface area contributed by atoms with Crippen molar-refractivity contribution < 1.29 is 0 Å². The van der Waals surface area contributed by atoms with Gasteiger partial charge in [0.1, 0.15) is 0 Å². The molecule has 1 fully saturated rings. The lowest BCUT2D eigenvalue weighted by molar-refractivity contribution is 0.289. The van der Waals surface area contributed by atoms with E-state index in [1.807, 2.05) is 0 Å². The Balaban J connectivity index is 1.84. The summed E-state index contributed by atoms with van der Waals surface area (Å²) < 4.78 is 0. The largest absolute Gasteiger partial charge is 0.293 e. The number of hydrogen-bond acceptors (Lipinski definition) is 1. The van der Waals surface area contributed by atoms with Crippen molar-refractivity contribution in [2.45, 2.75) is 18.9 Å². The highest BCUT2D eigenvalue weighted by Crippen LogP contribution is 2.26. The summed E-state index contributed by atoms with van der Waals surface area (Å²) in [5.41, 5.74) is 2.66. The number of rotatable bonds is 4. The van der Waals surface area contributed by atoms with E-state index in [9.17, 15) is 0 Å². The van der Waals surface area contributed by atoms with Gasteiger partial charge in [0, 0.05) is 0 Å². The van der Waals surface area contributed by atoms with Gasteiger partial charge < -0.3 is 0 Å². The van der Waals surface area contributed by atoms with Crippen LogP contribution in [0.25, 0.3) is 6.08 Å². The first kappa shape index (κ1) is 13.1. The first-order chi connectivity index (χ1) is 9.93. The van der Waals surface area contributed by atoms with Crippen LogP contribution in [0.5, 0.6) is 0 Å². The summed E-state index contributed by atoms with van der Waals surface area (Å²) in [5, 5.41) is 0. The van der Waals surface area contributed by atoms with Crippen LogP contribution in [0.1, 0.15) is 30.0 Å². The van der Waals surface area contributed by atoms with Crippen LogP contribution in [-0.4, -0.2) is 18.0 Å². The van der Waals surface area contributed by atoms with Crippen LogP contribution in [-0.2, 0) is 0 Å². The number of likely N-dealkylation sites (tertiary alicyclic amines) is 1. The van der Waals surface area contributed by atoms with E-state index in [-0.39, 0.29) is 0 Å². The van der Waals surface area contributed by atoms with E-state index in [1.54, 1.807) is 0 Å². The Kier molecular flexibility index (Phi) is 4.29. The molecule has 0 radical (unpaired) electrons. The molecule has 1 saturated heterocycles. The Bertz CT molecular complexity index is 538. The maximum absolute atomic E-state index is 2.58. The maximum Gasteiger partial charge on any atom is 0.0534 e. The molecule has 1 atom stereocenters. The van der Waals surface area contributed by atoms with Crippen molar-refractivity contribution in [1.82, 2.24) is 4.90 Å².